The van der Waals surface area contributed by atoms with Crippen molar-refractivity contribution in [2.75, 3.05) is 18.8 Å². The number of nitrogens with one attached hydrogen (secondary N) is 2. The van der Waals surface area contributed by atoms with Crippen LogP contribution in [-0.2, 0) is 29.3 Å². The van der Waals surface area contributed by atoms with E-state index in [0.29, 0.717) is 36.1 Å². The minimum absolute atomic E-state index is 0.117. The molecule has 0 amide bonds. The highest BCUT2D eigenvalue weighted by Crippen LogP contribution is 2.29. The average molecular weight is 411 g/mol. The number of nitrogens with zero attached hydrogens (tertiary/aromatic N) is 1. The van der Waals surface area contributed by atoms with E-state index in [1.54, 1.807) is 6.07 Å². The lowest BCUT2D eigenvalue weighted by Gasteiger charge is -2.12. The van der Waals surface area contributed by atoms with Gasteiger partial charge in [0.05, 0.1) is 12.1 Å². The Morgan fingerprint density at radius 1 is 1.04 bits per heavy atom. The molecule has 0 radical (unpaired) electrons. The number of benzene rings is 2. The largest absolute Gasteiger partial charge is 0.416 e. The lowest BCUT2D eigenvalue weighted by molar-refractivity contribution is -0.137. The van der Waals surface area contributed by atoms with Gasteiger partial charge in [-0.05, 0) is 30.2 Å². The van der Waals surface area contributed by atoms with Crippen LogP contribution >= 0.6 is 0 Å². The number of alkyl halides is 3. The molecule has 0 saturated heterocycles. The fourth-order valence-corrected chi connectivity index (χ4v) is 3.51. The zero-order valence-electron chi connectivity index (χ0n) is 15.6. The van der Waals surface area contributed by atoms with Crippen molar-refractivity contribution in [1.82, 2.24) is 10.6 Å². The van der Waals surface area contributed by atoms with E-state index in [9.17, 15) is 17.4 Å². The molecule has 0 aliphatic heterocycles. The fourth-order valence-electron chi connectivity index (χ4n) is 2.47. The highest BCUT2D eigenvalue weighted by Gasteiger charge is 2.30. The van der Waals surface area contributed by atoms with Crippen LogP contribution in [0.15, 0.2) is 59.6 Å². The van der Waals surface area contributed by atoms with Gasteiger partial charge in [0.15, 0.2) is 5.96 Å². The van der Waals surface area contributed by atoms with Gasteiger partial charge in [-0.15, -0.1) is 0 Å². The molecule has 152 valence electrons. The molecular formula is C20H24F3N3OS. The molecule has 2 N–H and O–H groups in total. The van der Waals surface area contributed by atoms with Crippen molar-refractivity contribution in [3.8, 4) is 0 Å². The maximum atomic E-state index is 12.8. The molecule has 2 aromatic carbocycles. The smallest absolute Gasteiger partial charge is 0.357 e. The molecule has 0 fully saturated rings. The third-order valence-electron chi connectivity index (χ3n) is 3.81. The van der Waals surface area contributed by atoms with Gasteiger partial charge in [-0.2, -0.15) is 13.2 Å². The van der Waals surface area contributed by atoms with E-state index in [2.05, 4.69) is 15.6 Å². The van der Waals surface area contributed by atoms with Gasteiger partial charge in [0.25, 0.3) is 0 Å². The minimum Gasteiger partial charge on any atom is -0.357 e. The standard InChI is InChI=1S/C20H24F3N3OS/c1-2-24-19(25-11-12-28(27)15-16-7-4-3-5-8-16)26-14-17-9-6-10-18(13-17)20(21,22)23/h3-10,13H,2,11-12,14-15H2,1H3,(H2,24,25,26). The second kappa shape index (κ2) is 10.8. The Morgan fingerprint density at radius 3 is 2.43 bits per heavy atom. The van der Waals surface area contributed by atoms with Gasteiger partial charge in [0, 0.05) is 35.4 Å². The van der Waals surface area contributed by atoms with Gasteiger partial charge in [-0.25, -0.2) is 4.99 Å². The van der Waals surface area contributed by atoms with Crippen molar-refractivity contribution in [2.24, 2.45) is 4.99 Å². The van der Waals surface area contributed by atoms with Crippen molar-refractivity contribution < 1.29 is 17.4 Å². The zero-order chi connectivity index (χ0) is 20.4. The second-order valence-corrected chi connectivity index (χ2v) is 7.67. The van der Waals surface area contributed by atoms with Crippen molar-refractivity contribution in [3.05, 3.63) is 71.3 Å². The lowest BCUT2D eigenvalue weighted by atomic mass is 10.1. The van der Waals surface area contributed by atoms with Crippen molar-refractivity contribution in [3.63, 3.8) is 0 Å². The van der Waals surface area contributed by atoms with E-state index in [-0.39, 0.29) is 6.54 Å². The molecule has 0 aromatic heterocycles. The van der Waals surface area contributed by atoms with E-state index in [1.165, 1.54) is 6.07 Å². The summed E-state index contributed by atoms with van der Waals surface area (Å²) in [5, 5.41) is 6.11. The topological polar surface area (TPSA) is 53.5 Å². The first-order valence-corrected chi connectivity index (χ1v) is 10.4. The van der Waals surface area contributed by atoms with E-state index in [0.717, 1.165) is 17.7 Å². The third-order valence-corrected chi connectivity index (χ3v) is 5.13. The second-order valence-electron chi connectivity index (χ2n) is 6.09. The maximum Gasteiger partial charge on any atom is 0.416 e. The molecule has 4 nitrogen and oxygen atoms in total. The molecule has 2 aromatic rings. The van der Waals surface area contributed by atoms with Crippen LogP contribution in [0.3, 0.4) is 0 Å². The van der Waals surface area contributed by atoms with Crippen molar-refractivity contribution in [1.29, 1.82) is 0 Å². The Kier molecular flexibility index (Phi) is 8.50. The summed E-state index contributed by atoms with van der Waals surface area (Å²) >= 11 is 0. The van der Waals surface area contributed by atoms with Crippen LogP contribution in [0, 0.1) is 0 Å². The predicted molar refractivity (Wildman–Crippen MR) is 107 cm³/mol. The van der Waals surface area contributed by atoms with Crippen LogP contribution in [0.5, 0.6) is 0 Å². The molecule has 1 atom stereocenters. The molecule has 28 heavy (non-hydrogen) atoms. The number of rotatable bonds is 8. The van der Waals surface area contributed by atoms with E-state index < -0.39 is 22.5 Å². The minimum atomic E-state index is -4.37. The monoisotopic (exact) mass is 411 g/mol. The SMILES string of the molecule is CCNC(=NCc1cccc(C(F)(F)F)c1)NCCS(=O)Cc1ccccc1. The van der Waals surface area contributed by atoms with Gasteiger partial charge in [-0.1, -0.05) is 42.5 Å². The zero-order valence-corrected chi connectivity index (χ0v) is 16.4. The van der Waals surface area contributed by atoms with Gasteiger partial charge in [0.1, 0.15) is 0 Å². The highest BCUT2D eigenvalue weighted by molar-refractivity contribution is 7.84. The number of hydrogen-bond donors (Lipinski definition) is 2. The summed E-state index contributed by atoms with van der Waals surface area (Å²) in [6.07, 6.45) is -4.37. The van der Waals surface area contributed by atoms with Gasteiger partial charge in [-0.3, -0.25) is 4.21 Å². The molecule has 8 heteroatoms. The highest BCUT2D eigenvalue weighted by atomic mass is 32.2. The summed E-state index contributed by atoms with van der Waals surface area (Å²) < 4.78 is 50.6. The molecule has 0 aliphatic rings. The summed E-state index contributed by atoms with van der Waals surface area (Å²) in [6.45, 7) is 3.08. The maximum absolute atomic E-state index is 12.8. The van der Waals surface area contributed by atoms with E-state index >= 15 is 0 Å². The lowest BCUT2D eigenvalue weighted by Crippen LogP contribution is -2.39. The molecule has 0 spiro atoms. The van der Waals surface area contributed by atoms with Crippen molar-refractivity contribution in [2.45, 2.75) is 25.4 Å². The van der Waals surface area contributed by atoms with Gasteiger partial charge >= 0.3 is 6.18 Å². The van der Waals surface area contributed by atoms with Crippen LogP contribution in [0.4, 0.5) is 13.2 Å². The Balaban J connectivity index is 1.87. The molecule has 0 aliphatic carbocycles. The van der Waals surface area contributed by atoms with E-state index in [1.807, 2.05) is 37.3 Å². The number of hydrogen-bond acceptors (Lipinski definition) is 2. The number of halogens is 3. The predicted octanol–water partition coefficient (Wildman–Crippen LogP) is 3.71. The summed E-state index contributed by atoms with van der Waals surface area (Å²) in [6, 6.07) is 14.7. The van der Waals surface area contributed by atoms with Crippen LogP contribution in [0.1, 0.15) is 23.6 Å². The molecular weight excluding hydrogens is 387 g/mol. The molecule has 0 saturated carbocycles. The number of guanidine groups is 1. The molecule has 0 bridgehead atoms. The Morgan fingerprint density at radius 2 is 1.75 bits per heavy atom. The van der Waals surface area contributed by atoms with Crippen molar-refractivity contribution >= 4 is 16.8 Å². The van der Waals surface area contributed by atoms with Crippen LogP contribution in [0.2, 0.25) is 0 Å². The molecule has 1 unspecified atom stereocenters. The summed E-state index contributed by atoms with van der Waals surface area (Å²) in [5.41, 5.74) is 0.806. The first-order valence-electron chi connectivity index (χ1n) is 8.95. The van der Waals surface area contributed by atoms with Crippen LogP contribution < -0.4 is 10.6 Å². The Labute approximate surface area is 165 Å². The summed E-state index contributed by atoms with van der Waals surface area (Å²) in [5.74, 6) is 1.42. The third kappa shape index (κ3) is 7.72. The summed E-state index contributed by atoms with van der Waals surface area (Å²) in [4.78, 5) is 4.32. The average Bonchev–Trinajstić information content (AvgIpc) is 2.66. The van der Waals surface area contributed by atoms with Gasteiger partial charge in [0.2, 0.25) is 0 Å². The molecule has 2 rings (SSSR count). The fraction of sp³-hybridized carbons (Fsp3) is 0.350. The summed E-state index contributed by atoms with van der Waals surface area (Å²) in [7, 11) is -1.01. The molecule has 0 heterocycles. The van der Waals surface area contributed by atoms with Gasteiger partial charge < -0.3 is 10.6 Å². The Hall–Kier alpha value is -2.35. The number of aliphatic imine (C=N–C) groups is 1. The Bertz CT molecular complexity index is 795. The van der Waals surface area contributed by atoms with E-state index in [4.69, 9.17) is 0 Å². The quantitative estimate of drug-likeness (QED) is 0.514. The first-order chi connectivity index (χ1) is 13.4. The first kappa shape index (κ1) is 21.9. The van der Waals surface area contributed by atoms with Crippen LogP contribution in [0.25, 0.3) is 0 Å². The van der Waals surface area contributed by atoms with Crippen LogP contribution in [-0.4, -0.2) is 29.0 Å². The normalized spacial score (nSPS) is 13.2.